The van der Waals surface area contributed by atoms with E-state index in [2.05, 4.69) is 83.5 Å². The molecule has 5 heteroatoms. The van der Waals surface area contributed by atoms with Crippen molar-refractivity contribution in [3.63, 3.8) is 0 Å². The molecule has 0 aliphatic carbocycles. The quantitative estimate of drug-likeness (QED) is 0.293. The summed E-state index contributed by atoms with van der Waals surface area (Å²) in [5.41, 5.74) is 2.23. The zero-order valence-electron chi connectivity index (χ0n) is 22.1. The molecule has 4 aromatic rings. The molecule has 5 rings (SSSR count). The number of piperidine rings is 1. The predicted octanol–water partition coefficient (Wildman–Crippen LogP) is 5.16. The number of carbonyl (C=O) groups is 2. The Morgan fingerprint density at radius 1 is 0.763 bits per heavy atom. The lowest BCUT2D eigenvalue weighted by atomic mass is 9.95. The van der Waals surface area contributed by atoms with Crippen LogP contribution in [0, 0.1) is 5.92 Å². The van der Waals surface area contributed by atoms with Gasteiger partial charge in [0.1, 0.15) is 6.04 Å². The van der Waals surface area contributed by atoms with Crippen LogP contribution in [0.15, 0.2) is 84.9 Å². The Morgan fingerprint density at radius 2 is 1.32 bits per heavy atom. The van der Waals surface area contributed by atoms with E-state index in [1.54, 1.807) is 0 Å². The summed E-state index contributed by atoms with van der Waals surface area (Å²) in [6, 6.07) is 28.7. The van der Waals surface area contributed by atoms with Gasteiger partial charge in [0.2, 0.25) is 11.8 Å². The molecule has 2 atom stereocenters. The highest BCUT2D eigenvalue weighted by molar-refractivity contribution is 5.89. The van der Waals surface area contributed by atoms with Gasteiger partial charge in [-0.25, -0.2) is 0 Å². The van der Waals surface area contributed by atoms with Crippen molar-refractivity contribution in [1.82, 2.24) is 16.0 Å². The third-order valence-electron chi connectivity index (χ3n) is 7.73. The Bertz CT molecular complexity index is 1410. The maximum atomic E-state index is 13.7. The number of fused-ring (bicyclic) bond motifs is 2. The van der Waals surface area contributed by atoms with Gasteiger partial charge in [-0.15, -0.1) is 0 Å². The highest BCUT2D eigenvalue weighted by Crippen LogP contribution is 2.19. The first-order valence-corrected chi connectivity index (χ1v) is 13.9. The smallest absolute Gasteiger partial charge is 0.243 e. The molecule has 1 fully saturated rings. The first-order chi connectivity index (χ1) is 18.6. The highest BCUT2D eigenvalue weighted by atomic mass is 16.2. The van der Waals surface area contributed by atoms with Crippen molar-refractivity contribution >= 4 is 33.4 Å². The zero-order chi connectivity index (χ0) is 26.3. The van der Waals surface area contributed by atoms with Crippen LogP contribution in [0.2, 0.25) is 0 Å². The molecule has 0 bridgehead atoms. The van der Waals surface area contributed by atoms with E-state index >= 15 is 0 Å². The van der Waals surface area contributed by atoms with Crippen LogP contribution in [-0.2, 0) is 22.4 Å². The second-order valence-corrected chi connectivity index (χ2v) is 10.5. The van der Waals surface area contributed by atoms with Gasteiger partial charge in [0.15, 0.2) is 0 Å². The molecule has 3 N–H and O–H groups in total. The molecule has 1 heterocycles. The van der Waals surface area contributed by atoms with E-state index < -0.39 is 6.04 Å². The number of amides is 2. The monoisotopic (exact) mass is 507 g/mol. The molecule has 5 nitrogen and oxygen atoms in total. The normalized spacial score (nSPS) is 15.7. The molecular formula is C33H37N3O2. The fourth-order valence-corrected chi connectivity index (χ4v) is 5.43. The maximum Gasteiger partial charge on any atom is 0.243 e. The Hall–Kier alpha value is -3.70. The van der Waals surface area contributed by atoms with Crippen LogP contribution in [0.5, 0.6) is 0 Å². The number of benzene rings is 4. The SMILES string of the molecule is CC[C@@H](Cc1ccc2ccccc2c1)NC(=O)[C@@H](Cc1ccc2ccccc2c1)NC(=O)C1CCNCC1. The van der Waals surface area contributed by atoms with Gasteiger partial charge in [-0.05, 0) is 71.4 Å². The highest BCUT2D eigenvalue weighted by Gasteiger charge is 2.28. The number of hydrogen-bond donors (Lipinski definition) is 3. The van der Waals surface area contributed by atoms with Crippen LogP contribution < -0.4 is 16.0 Å². The fraction of sp³-hybridized carbons (Fsp3) is 0.333. The van der Waals surface area contributed by atoms with Crippen molar-refractivity contribution in [1.29, 1.82) is 0 Å². The van der Waals surface area contributed by atoms with Gasteiger partial charge >= 0.3 is 0 Å². The second kappa shape index (κ2) is 12.2. The molecule has 38 heavy (non-hydrogen) atoms. The van der Waals surface area contributed by atoms with Crippen molar-refractivity contribution in [2.75, 3.05) is 13.1 Å². The molecule has 1 saturated heterocycles. The molecule has 196 valence electrons. The predicted molar refractivity (Wildman–Crippen MR) is 155 cm³/mol. The molecule has 2 amide bonds. The van der Waals surface area contributed by atoms with Crippen LogP contribution in [0.4, 0.5) is 0 Å². The van der Waals surface area contributed by atoms with E-state index in [1.165, 1.54) is 16.3 Å². The van der Waals surface area contributed by atoms with E-state index in [1.807, 2.05) is 24.3 Å². The summed E-state index contributed by atoms with van der Waals surface area (Å²) in [6.07, 6.45) is 3.62. The van der Waals surface area contributed by atoms with Gasteiger partial charge in [0.05, 0.1) is 0 Å². The van der Waals surface area contributed by atoms with Crippen LogP contribution in [0.1, 0.15) is 37.3 Å². The summed E-state index contributed by atoms with van der Waals surface area (Å²) in [6.45, 7) is 3.77. The molecule has 0 aromatic heterocycles. The van der Waals surface area contributed by atoms with E-state index in [0.29, 0.717) is 6.42 Å². The van der Waals surface area contributed by atoms with Crippen molar-refractivity contribution in [3.05, 3.63) is 96.1 Å². The standard InChI is InChI=1S/C33H37N3O2/c1-2-30(21-23-11-13-25-7-3-5-9-28(25)19-23)35-33(38)31(36-32(37)27-15-17-34-18-16-27)22-24-12-14-26-8-4-6-10-29(26)20-24/h3-14,19-20,27,30-31,34H,2,15-18,21-22H2,1H3,(H,35,38)(H,36,37)/t30-,31+/m0/s1. The summed E-state index contributed by atoms with van der Waals surface area (Å²) in [5, 5.41) is 14.4. The third-order valence-corrected chi connectivity index (χ3v) is 7.73. The molecule has 1 aliphatic rings. The Kier molecular flexibility index (Phi) is 8.34. The summed E-state index contributed by atoms with van der Waals surface area (Å²) in [4.78, 5) is 26.8. The number of hydrogen-bond acceptors (Lipinski definition) is 3. The summed E-state index contributed by atoms with van der Waals surface area (Å²) in [7, 11) is 0. The van der Waals surface area contributed by atoms with E-state index in [9.17, 15) is 9.59 Å². The fourth-order valence-electron chi connectivity index (χ4n) is 5.43. The summed E-state index contributed by atoms with van der Waals surface area (Å²) < 4.78 is 0. The van der Waals surface area contributed by atoms with Gasteiger partial charge in [-0.2, -0.15) is 0 Å². The molecule has 0 unspecified atom stereocenters. The van der Waals surface area contributed by atoms with Gasteiger partial charge in [0.25, 0.3) is 0 Å². The lowest BCUT2D eigenvalue weighted by molar-refractivity contribution is -0.132. The van der Waals surface area contributed by atoms with Crippen molar-refractivity contribution in [3.8, 4) is 0 Å². The topological polar surface area (TPSA) is 70.2 Å². The van der Waals surface area contributed by atoms with E-state index in [4.69, 9.17) is 0 Å². The van der Waals surface area contributed by atoms with Crippen LogP contribution in [-0.4, -0.2) is 37.0 Å². The van der Waals surface area contributed by atoms with Gasteiger partial charge in [-0.3, -0.25) is 9.59 Å². The van der Waals surface area contributed by atoms with Gasteiger partial charge in [-0.1, -0.05) is 91.9 Å². The van der Waals surface area contributed by atoms with Crippen LogP contribution in [0.3, 0.4) is 0 Å². The lowest BCUT2D eigenvalue weighted by Crippen LogP contribution is -2.53. The third kappa shape index (κ3) is 6.40. The Balaban J connectivity index is 1.32. The van der Waals surface area contributed by atoms with E-state index in [-0.39, 0.29) is 23.8 Å². The first kappa shape index (κ1) is 25.9. The number of nitrogens with one attached hydrogen (secondary N) is 3. The average Bonchev–Trinajstić information content (AvgIpc) is 2.96. The number of carbonyl (C=O) groups excluding carboxylic acids is 2. The van der Waals surface area contributed by atoms with Crippen molar-refractivity contribution < 1.29 is 9.59 Å². The molecule has 0 radical (unpaired) electrons. The Labute approximate surface area is 225 Å². The van der Waals surface area contributed by atoms with Crippen molar-refractivity contribution in [2.24, 2.45) is 5.92 Å². The van der Waals surface area contributed by atoms with Crippen LogP contribution >= 0.6 is 0 Å². The second-order valence-electron chi connectivity index (χ2n) is 10.5. The largest absolute Gasteiger partial charge is 0.351 e. The maximum absolute atomic E-state index is 13.7. The average molecular weight is 508 g/mol. The number of rotatable bonds is 9. The van der Waals surface area contributed by atoms with Crippen molar-refractivity contribution in [2.45, 2.75) is 51.1 Å². The first-order valence-electron chi connectivity index (χ1n) is 13.9. The van der Waals surface area contributed by atoms with Gasteiger partial charge in [0, 0.05) is 18.4 Å². The van der Waals surface area contributed by atoms with Gasteiger partial charge < -0.3 is 16.0 Å². The molecule has 0 spiro atoms. The molecule has 0 saturated carbocycles. The zero-order valence-corrected chi connectivity index (χ0v) is 22.1. The summed E-state index contributed by atoms with van der Waals surface area (Å²) >= 11 is 0. The minimum Gasteiger partial charge on any atom is -0.351 e. The molecular weight excluding hydrogens is 470 g/mol. The molecule has 4 aromatic carbocycles. The lowest BCUT2D eigenvalue weighted by Gasteiger charge is -2.27. The van der Waals surface area contributed by atoms with Crippen LogP contribution in [0.25, 0.3) is 21.5 Å². The van der Waals surface area contributed by atoms with E-state index in [0.717, 1.165) is 55.1 Å². The minimum absolute atomic E-state index is 0.0152. The Morgan fingerprint density at radius 3 is 1.89 bits per heavy atom. The molecule has 1 aliphatic heterocycles. The minimum atomic E-state index is -0.621. The summed E-state index contributed by atoms with van der Waals surface area (Å²) in [5.74, 6) is -0.189.